The third kappa shape index (κ3) is 2.81. The monoisotopic (exact) mass is 289 g/mol. The predicted octanol–water partition coefficient (Wildman–Crippen LogP) is 3.65. The summed E-state index contributed by atoms with van der Waals surface area (Å²) >= 11 is 5.85. The van der Waals surface area contributed by atoms with Crippen molar-refractivity contribution in [2.75, 3.05) is 0 Å². The highest BCUT2D eigenvalue weighted by Gasteiger charge is 2.04. The van der Waals surface area contributed by atoms with Crippen LogP contribution in [0.2, 0.25) is 5.02 Å². The van der Waals surface area contributed by atoms with Crippen LogP contribution in [0, 0.1) is 5.82 Å². The number of hydrogen-bond donors (Lipinski definition) is 2. The molecule has 1 heterocycles. The van der Waals surface area contributed by atoms with E-state index in [9.17, 15) is 4.39 Å². The lowest BCUT2D eigenvalue weighted by Crippen LogP contribution is -2.14. The number of rotatable bonds is 4. The molecule has 20 heavy (non-hydrogen) atoms. The van der Waals surface area contributed by atoms with Crippen molar-refractivity contribution in [3.05, 3.63) is 64.7 Å². The summed E-state index contributed by atoms with van der Waals surface area (Å²) in [5, 5.41) is 3.69. The maximum Gasteiger partial charge on any atom is 0.127 e. The third-order valence-electron chi connectivity index (χ3n) is 3.05. The van der Waals surface area contributed by atoms with Gasteiger partial charge in [0.1, 0.15) is 11.6 Å². The van der Waals surface area contributed by atoms with Gasteiger partial charge < -0.3 is 10.3 Å². The van der Waals surface area contributed by atoms with Gasteiger partial charge >= 0.3 is 0 Å². The van der Waals surface area contributed by atoms with Crippen LogP contribution < -0.4 is 5.32 Å². The zero-order chi connectivity index (χ0) is 13.9. The molecule has 0 aliphatic heterocycles. The largest absolute Gasteiger partial charge is 0.341 e. The van der Waals surface area contributed by atoms with Gasteiger partial charge in [-0.15, -0.1) is 0 Å². The standard InChI is InChI=1S/C15H13ClFN3/c16-11-5-6-12(17)10(7-11)8-18-9-15-19-13-3-1-2-4-14(13)20-15/h1-7,18H,8-9H2,(H,19,20). The number of nitrogens with zero attached hydrogens (tertiary/aromatic N) is 1. The van der Waals surface area contributed by atoms with Crippen LogP contribution in [0.3, 0.4) is 0 Å². The quantitative estimate of drug-likeness (QED) is 0.770. The van der Waals surface area contributed by atoms with Crippen molar-refractivity contribution >= 4 is 22.6 Å². The minimum Gasteiger partial charge on any atom is -0.341 e. The Morgan fingerprint density at radius 2 is 2.00 bits per heavy atom. The van der Waals surface area contributed by atoms with Crippen molar-refractivity contribution < 1.29 is 4.39 Å². The van der Waals surface area contributed by atoms with Crippen LogP contribution in [-0.4, -0.2) is 9.97 Å². The van der Waals surface area contributed by atoms with E-state index < -0.39 is 0 Å². The highest BCUT2D eigenvalue weighted by molar-refractivity contribution is 6.30. The van der Waals surface area contributed by atoms with Gasteiger partial charge in [0, 0.05) is 17.1 Å². The molecule has 0 aliphatic rings. The predicted molar refractivity (Wildman–Crippen MR) is 78.0 cm³/mol. The van der Waals surface area contributed by atoms with Gasteiger partial charge in [-0.05, 0) is 30.3 Å². The van der Waals surface area contributed by atoms with Crippen molar-refractivity contribution in [2.45, 2.75) is 13.1 Å². The molecule has 2 aromatic carbocycles. The summed E-state index contributed by atoms with van der Waals surface area (Å²) in [7, 11) is 0. The van der Waals surface area contributed by atoms with Gasteiger partial charge in [-0.2, -0.15) is 0 Å². The topological polar surface area (TPSA) is 40.7 Å². The fourth-order valence-corrected chi connectivity index (χ4v) is 2.28. The number of benzene rings is 2. The Kier molecular flexibility index (Phi) is 3.67. The number of nitrogens with one attached hydrogen (secondary N) is 2. The minimum absolute atomic E-state index is 0.258. The second kappa shape index (κ2) is 5.61. The van der Waals surface area contributed by atoms with E-state index in [1.165, 1.54) is 6.07 Å². The molecule has 1 aromatic heterocycles. The molecule has 0 fully saturated rings. The Labute approximate surface area is 120 Å². The third-order valence-corrected chi connectivity index (χ3v) is 3.29. The molecule has 102 valence electrons. The Bertz CT molecular complexity index is 706. The van der Waals surface area contributed by atoms with Crippen molar-refractivity contribution in [2.24, 2.45) is 0 Å². The summed E-state index contributed by atoms with van der Waals surface area (Å²) in [4.78, 5) is 7.66. The van der Waals surface area contributed by atoms with Crippen molar-refractivity contribution in [3.63, 3.8) is 0 Å². The van der Waals surface area contributed by atoms with E-state index in [0.717, 1.165) is 16.9 Å². The van der Waals surface area contributed by atoms with Crippen LogP contribution in [0.4, 0.5) is 4.39 Å². The van der Waals surface area contributed by atoms with Gasteiger partial charge in [0.05, 0.1) is 17.6 Å². The lowest BCUT2D eigenvalue weighted by molar-refractivity contribution is 0.584. The maximum absolute atomic E-state index is 13.5. The molecular formula is C15H13ClFN3. The molecule has 0 radical (unpaired) electrons. The molecule has 0 saturated heterocycles. The number of fused-ring (bicyclic) bond motifs is 1. The number of aromatic amines is 1. The average molecular weight is 290 g/mol. The van der Waals surface area contributed by atoms with E-state index in [0.29, 0.717) is 23.7 Å². The summed E-state index contributed by atoms with van der Waals surface area (Å²) in [6, 6.07) is 12.4. The molecule has 0 saturated carbocycles. The van der Waals surface area contributed by atoms with Crippen LogP contribution in [0.1, 0.15) is 11.4 Å². The van der Waals surface area contributed by atoms with Crippen molar-refractivity contribution in [1.82, 2.24) is 15.3 Å². The average Bonchev–Trinajstić information content (AvgIpc) is 2.85. The molecule has 0 bridgehead atoms. The fraction of sp³-hybridized carbons (Fsp3) is 0.133. The fourth-order valence-electron chi connectivity index (χ4n) is 2.08. The lowest BCUT2D eigenvalue weighted by Gasteiger charge is -2.05. The van der Waals surface area contributed by atoms with Gasteiger partial charge in [0.25, 0.3) is 0 Å². The zero-order valence-corrected chi connectivity index (χ0v) is 11.4. The minimum atomic E-state index is -0.258. The summed E-state index contributed by atoms with van der Waals surface area (Å²) < 4.78 is 13.5. The Balaban J connectivity index is 1.66. The molecule has 2 N–H and O–H groups in total. The van der Waals surface area contributed by atoms with Crippen LogP contribution in [0.25, 0.3) is 11.0 Å². The van der Waals surface area contributed by atoms with Gasteiger partial charge in [-0.25, -0.2) is 9.37 Å². The van der Waals surface area contributed by atoms with Crippen LogP contribution in [0.5, 0.6) is 0 Å². The molecule has 0 atom stereocenters. The van der Waals surface area contributed by atoms with Crippen LogP contribution >= 0.6 is 11.6 Å². The molecule has 3 rings (SSSR count). The van der Waals surface area contributed by atoms with E-state index in [-0.39, 0.29) is 5.82 Å². The van der Waals surface area contributed by atoms with Crippen LogP contribution in [-0.2, 0) is 13.1 Å². The van der Waals surface area contributed by atoms with E-state index in [4.69, 9.17) is 11.6 Å². The first-order chi connectivity index (χ1) is 9.72. The highest BCUT2D eigenvalue weighted by atomic mass is 35.5. The van der Waals surface area contributed by atoms with Crippen molar-refractivity contribution in [3.8, 4) is 0 Å². The molecular weight excluding hydrogens is 277 g/mol. The Morgan fingerprint density at radius 1 is 1.15 bits per heavy atom. The van der Waals surface area contributed by atoms with E-state index >= 15 is 0 Å². The highest BCUT2D eigenvalue weighted by Crippen LogP contribution is 2.15. The lowest BCUT2D eigenvalue weighted by atomic mass is 10.2. The summed E-state index contributed by atoms with van der Waals surface area (Å²) in [6.45, 7) is 0.948. The summed E-state index contributed by atoms with van der Waals surface area (Å²) in [5.74, 6) is 0.570. The number of hydrogen-bond acceptors (Lipinski definition) is 2. The van der Waals surface area contributed by atoms with Gasteiger partial charge in [0.15, 0.2) is 0 Å². The molecule has 5 heteroatoms. The number of para-hydroxylation sites is 2. The van der Waals surface area contributed by atoms with Gasteiger partial charge in [0.2, 0.25) is 0 Å². The van der Waals surface area contributed by atoms with E-state index in [2.05, 4.69) is 15.3 Å². The smallest absolute Gasteiger partial charge is 0.127 e. The first kappa shape index (κ1) is 13.1. The number of aromatic nitrogens is 2. The second-order valence-corrected chi connectivity index (χ2v) is 4.98. The molecule has 3 nitrogen and oxygen atoms in total. The molecule has 0 aliphatic carbocycles. The van der Waals surface area contributed by atoms with Crippen LogP contribution in [0.15, 0.2) is 42.5 Å². The number of imidazole rings is 1. The summed E-state index contributed by atoms with van der Waals surface area (Å²) in [6.07, 6.45) is 0. The SMILES string of the molecule is Fc1ccc(Cl)cc1CNCc1nc2ccccc2[nH]1. The molecule has 0 amide bonds. The Hall–Kier alpha value is -1.91. The van der Waals surface area contributed by atoms with Crippen molar-refractivity contribution in [1.29, 1.82) is 0 Å². The first-order valence-corrected chi connectivity index (χ1v) is 6.68. The first-order valence-electron chi connectivity index (χ1n) is 6.30. The normalized spacial score (nSPS) is 11.1. The van der Waals surface area contributed by atoms with E-state index in [1.807, 2.05) is 24.3 Å². The van der Waals surface area contributed by atoms with E-state index in [1.54, 1.807) is 12.1 Å². The second-order valence-electron chi connectivity index (χ2n) is 4.54. The van der Waals surface area contributed by atoms with Gasteiger partial charge in [-0.3, -0.25) is 0 Å². The molecule has 0 spiro atoms. The molecule has 0 unspecified atom stereocenters. The van der Waals surface area contributed by atoms with Gasteiger partial charge in [-0.1, -0.05) is 23.7 Å². The zero-order valence-electron chi connectivity index (χ0n) is 10.7. The maximum atomic E-state index is 13.5. The Morgan fingerprint density at radius 3 is 2.85 bits per heavy atom. The number of halogens is 2. The number of H-pyrrole nitrogens is 1. The summed E-state index contributed by atoms with van der Waals surface area (Å²) in [5.41, 5.74) is 2.48. The molecule has 3 aromatic rings.